The number of anilines is 2. The molecule has 0 unspecified atom stereocenters. The van der Waals surface area contributed by atoms with Gasteiger partial charge in [0, 0.05) is 24.5 Å². The summed E-state index contributed by atoms with van der Waals surface area (Å²) in [6.45, 7) is 1.01. The van der Waals surface area contributed by atoms with Gasteiger partial charge in [0.1, 0.15) is 11.6 Å². The number of nitrogens with one attached hydrogen (secondary N) is 2. The van der Waals surface area contributed by atoms with Crippen molar-refractivity contribution in [3.63, 3.8) is 0 Å². The molecule has 4 N–H and O–H groups in total. The van der Waals surface area contributed by atoms with Crippen LogP contribution in [0.15, 0.2) is 53.5 Å². The highest BCUT2D eigenvalue weighted by Gasteiger charge is 2.30. The number of nitrogens with zero attached hydrogens (tertiary/aromatic N) is 1. The average Bonchev–Trinajstić information content (AvgIpc) is 2.55. The van der Waals surface area contributed by atoms with Crippen LogP contribution in [-0.4, -0.2) is 25.4 Å². The number of benzene rings is 2. The van der Waals surface area contributed by atoms with Crippen molar-refractivity contribution >= 4 is 41.3 Å². The van der Waals surface area contributed by atoms with Crippen LogP contribution in [-0.2, 0) is 0 Å². The van der Waals surface area contributed by atoms with E-state index in [4.69, 9.17) is 5.73 Å². The lowest BCUT2D eigenvalue weighted by Gasteiger charge is -2.10. The van der Waals surface area contributed by atoms with Gasteiger partial charge in [0.25, 0.3) is 0 Å². The number of hydrogen-bond acceptors (Lipinski definition) is 3. The van der Waals surface area contributed by atoms with E-state index in [0.29, 0.717) is 30.9 Å². The van der Waals surface area contributed by atoms with Gasteiger partial charge < -0.3 is 21.1 Å². The van der Waals surface area contributed by atoms with Gasteiger partial charge in [0.15, 0.2) is 5.96 Å². The van der Waals surface area contributed by atoms with Crippen LogP contribution in [0.5, 0.6) is 5.75 Å². The molecule has 0 heterocycles. The SMILES string of the molecule is I.NC(=NCCCNc1cccc(F)c1)Nc1ccc(OC(F)(F)F)cc1. The second-order valence-corrected chi connectivity index (χ2v) is 5.25. The van der Waals surface area contributed by atoms with Crippen molar-refractivity contribution in [1.82, 2.24) is 0 Å². The van der Waals surface area contributed by atoms with E-state index in [-0.39, 0.29) is 41.5 Å². The van der Waals surface area contributed by atoms with Gasteiger partial charge in [-0.2, -0.15) is 0 Å². The largest absolute Gasteiger partial charge is 0.573 e. The summed E-state index contributed by atoms with van der Waals surface area (Å²) in [7, 11) is 0. The molecule has 0 saturated carbocycles. The van der Waals surface area contributed by atoms with Crippen LogP contribution in [0.3, 0.4) is 0 Å². The summed E-state index contributed by atoms with van der Waals surface area (Å²) in [6, 6.07) is 11.3. The van der Waals surface area contributed by atoms with E-state index in [1.165, 1.54) is 36.4 Å². The van der Waals surface area contributed by atoms with E-state index in [9.17, 15) is 17.6 Å². The van der Waals surface area contributed by atoms with Gasteiger partial charge in [-0.1, -0.05) is 6.07 Å². The second kappa shape index (κ2) is 10.8. The Morgan fingerprint density at radius 2 is 1.78 bits per heavy atom. The normalized spacial score (nSPS) is 11.5. The summed E-state index contributed by atoms with van der Waals surface area (Å²) in [5.41, 5.74) is 6.88. The van der Waals surface area contributed by atoms with Crippen LogP contribution in [0.25, 0.3) is 0 Å². The topological polar surface area (TPSA) is 71.7 Å². The molecule has 0 aliphatic rings. The van der Waals surface area contributed by atoms with Crippen molar-refractivity contribution in [3.8, 4) is 5.75 Å². The maximum atomic E-state index is 13.0. The van der Waals surface area contributed by atoms with E-state index in [2.05, 4.69) is 20.4 Å². The molecule has 0 fully saturated rings. The summed E-state index contributed by atoms with van der Waals surface area (Å²) in [6.07, 6.45) is -4.06. The molecular formula is C17H19F4IN4O. The third kappa shape index (κ3) is 9.31. The Hall–Kier alpha value is -2.24. The van der Waals surface area contributed by atoms with E-state index in [1.807, 2.05) is 0 Å². The van der Waals surface area contributed by atoms with Crippen molar-refractivity contribution in [1.29, 1.82) is 0 Å². The lowest BCUT2D eigenvalue weighted by Crippen LogP contribution is -2.23. The first-order valence-corrected chi connectivity index (χ1v) is 7.74. The molecule has 0 saturated heterocycles. The number of ether oxygens (including phenoxy) is 1. The van der Waals surface area contributed by atoms with E-state index < -0.39 is 6.36 Å². The first-order chi connectivity index (χ1) is 12.3. The quantitative estimate of drug-likeness (QED) is 0.172. The van der Waals surface area contributed by atoms with Crippen LogP contribution in [0.4, 0.5) is 28.9 Å². The first-order valence-electron chi connectivity index (χ1n) is 7.74. The number of guanidine groups is 1. The van der Waals surface area contributed by atoms with Gasteiger partial charge in [-0.15, -0.1) is 37.1 Å². The smallest absolute Gasteiger partial charge is 0.406 e. The summed E-state index contributed by atoms with van der Waals surface area (Å²) in [5.74, 6) is -0.490. The number of rotatable bonds is 7. The number of halogens is 5. The molecule has 0 amide bonds. The third-order valence-corrected chi connectivity index (χ3v) is 3.13. The number of nitrogens with two attached hydrogens (primary N) is 1. The molecule has 0 bridgehead atoms. The van der Waals surface area contributed by atoms with Gasteiger partial charge in [-0.05, 0) is 48.9 Å². The van der Waals surface area contributed by atoms with Gasteiger partial charge in [-0.25, -0.2) is 4.39 Å². The van der Waals surface area contributed by atoms with E-state index in [1.54, 1.807) is 12.1 Å². The van der Waals surface area contributed by atoms with Crippen molar-refractivity contribution in [2.45, 2.75) is 12.8 Å². The number of alkyl halides is 3. The number of aliphatic imine (C=N–C) groups is 1. The lowest BCUT2D eigenvalue weighted by molar-refractivity contribution is -0.274. The van der Waals surface area contributed by atoms with Gasteiger partial charge in [0.2, 0.25) is 0 Å². The maximum absolute atomic E-state index is 13.0. The molecule has 27 heavy (non-hydrogen) atoms. The predicted octanol–water partition coefficient (Wildman–Crippen LogP) is 4.57. The van der Waals surface area contributed by atoms with Gasteiger partial charge >= 0.3 is 6.36 Å². The van der Waals surface area contributed by atoms with Crippen molar-refractivity contribution in [3.05, 3.63) is 54.3 Å². The maximum Gasteiger partial charge on any atom is 0.573 e. The van der Waals surface area contributed by atoms with E-state index >= 15 is 0 Å². The number of hydrogen-bond donors (Lipinski definition) is 3. The molecular weight excluding hydrogens is 479 g/mol. The van der Waals surface area contributed by atoms with Crippen molar-refractivity contribution < 1.29 is 22.3 Å². The van der Waals surface area contributed by atoms with Crippen LogP contribution in [0, 0.1) is 5.82 Å². The zero-order valence-corrected chi connectivity index (χ0v) is 16.4. The Balaban J connectivity index is 0.00000364. The molecule has 2 rings (SSSR count). The van der Waals surface area contributed by atoms with Gasteiger partial charge in [-0.3, -0.25) is 4.99 Å². The minimum Gasteiger partial charge on any atom is -0.406 e. The average molecular weight is 498 g/mol. The molecule has 148 valence electrons. The Morgan fingerprint density at radius 3 is 2.41 bits per heavy atom. The van der Waals surface area contributed by atoms with Crippen molar-refractivity contribution in [2.24, 2.45) is 10.7 Å². The molecule has 0 radical (unpaired) electrons. The highest BCUT2D eigenvalue weighted by Crippen LogP contribution is 2.23. The van der Waals surface area contributed by atoms with Gasteiger partial charge in [0.05, 0.1) is 0 Å². The Bertz CT molecular complexity index is 738. The Labute approximate surface area is 171 Å². The van der Waals surface area contributed by atoms with Crippen molar-refractivity contribution in [2.75, 3.05) is 23.7 Å². The van der Waals surface area contributed by atoms with Crippen LogP contribution >= 0.6 is 24.0 Å². The highest BCUT2D eigenvalue weighted by molar-refractivity contribution is 14.0. The second-order valence-electron chi connectivity index (χ2n) is 5.25. The van der Waals surface area contributed by atoms with Crippen LogP contribution in [0.1, 0.15) is 6.42 Å². The highest BCUT2D eigenvalue weighted by atomic mass is 127. The first kappa shape index (κ1) is 22.8. The lowest BCUT2D eigenvalue weighted by atomic mass is 10.3. The molecule has 5 nitrogen and oxygen atoms in total. The fourth-order valence-corrected chi connectivity index (χ4v) is 2.04. The molecule has 0 atom stereocenters. The molecule has 2 aromatic rings. The van der Waals surface area contributed by atoms with E-state index in [0.717, 1.165) is 0 Å². The molecule has 0 aromatic heterocycles. The minimum atomic E-state index is -4.73. The Kier molecular flexibility index (Phi) is 9.12. The molecule has 10 heteroatoms. The zero-order chi connectivity index (χ0) is 19.0. The summed E-state index contributed by atoms with van der Waals surface area (Å²) in [5, 5.41) is 5.83. The zero-order valence-electron chi connectivity index (χ0n) is 14.1. The molecule has 0 aliphatic carbocycles. The summed E-state index contributed by atoms with van der Waals surface area (Å²) < 4.78 is 53.0. The third-order valence-electron chi connectivity index (χ3n) is 3.13. The fourth-order valence-electron chi connectivity index (χ4n) is 2.04. The predicted molar refractivity (Wildman–Crippen MR) is 108 cm³/mol. The molecule has 2 aromatic carbocycles. The summed E-state index contributed by atoms with van der Waals surface area (Å²) >= 11 is 0. The van der Waals surface area contributed by atoms with Crippen LogP contribution < -0.4 is 21.1 Å². The summed E-state index contributed by atoms with van der Waals surface area (Å²) in [4.78, 5) is 4.11. The minimum absolute atomic E-state index is 0. The Morgan fingerprint density at radius 1 is 1.07 bits per heavy atom. The molecule has 0 aliphatic heterocycles. The standard InChI is InChI=1S/C17H18F4N4O.HI/c18-12-3-1-4-14(11-12)23-9-2-10-24-16(22)25-13-5-7-15(8-6-13)26-17(19,20)21;/h1,3-8,11,23H,2,9-10H2,(H3,22,24,25);1H. The van der Waals surface area contributed by atoms with Crippen LogP contribution in [0.2, 0.25) is 0 Å². The molecule has 0 spiro atoms. The monoisotopic (exact) mass is 498 g/mol. The fraction of sp³-hybridized carbons (Fsp3) is 0.235.